The lowest BCUT2D eigenvalue weighted by Gasteiger charge is -2.14. The van der Waals surface area contributed by atoms with E-state index >= 15 is 0 Å². The summed E-state index contributed by atoms with van der Waals surface area (Å²) in [5.74, 6) is -0.962. The molecule has 2 N–H and O–H groups in total. The molecule has 0 fully saturated rings. The van der Waals surface area contributed by atoms with Gasteiger partial charge in [0.05, 0.1) is 4.43 Å². The van der Waals surface area contributed by atoms with Crippen molar-refractivity contribution < 1.29 is 9.22 Å². The van der Waals surface area contributed by atoms with Gasteiger partial charge in [-0.15, -0.1) is 0 Å². The topological polar surface area (TPSA) is 94.1 Å². The molecule has 0 unspecified atom stereocenters. The predicted molar refractivity (Wildman–Crippen MR) is 57.6 cm³/mol. The van der Waals surface area contributed by atoms with Crippen molar-refractivity contribution in [2.45, 2.75) is 0 Å². The highest BCUT2D eigenvalue weighted by Crippen LogP contribution is 2.16. The maximum absolute atomic E-state index is 11.7. The van der Waals surface area contributed by atoms with Crippen molar-refractivity contribution in [3.05, 3.63) is 45.2 Å². The molecule has 16 heavy (non-hydrogen) atoms. The van der Waals surface area contributed by atoms with E-state index in [0.29, 0.717) is 14.2 Å². The first-order valence-corrected chi connectivity index (χ1v) is 4.63. The molecule has 6 nitrogen and oxygen atoms in total. The first-order chi connectivity index (χ1) is 7.50. The largest absolute Gasteiger partial charge is 0.805 e. The average Bonchev–Trinajstić information content (AvgIpc) is 2.22. The number of carbonyl (C=O) groups is 1. The summed E-state index contributed by atoms with van der Waals surface area (Å²) in [6.45, 7) is 0. The van der Waals surface area contributed by atoms with Gasteiger partial charge in [0, 0.05) is 16.0 Å². The summed E-state index contributed by atoms with van der Waals surface area (Å²) in [6, 6.07) is 4.14. The second-order valence-electron chi connectivity index (χ2n) is 3.13. The predicted octanol–water partition coefficient (Wildman–Crippen LogP) is 0.654. The maximum atomic E-state index is 11.7. The van der Waals surface area contributed by atoms with E-state index in [-0.39, 0.29) is 11.0 Å². The van der Waals surface area contributed by atoms with Gasteiger partial charge in [0.15, 0.2) is 5.69 Å². The highest BCUT2D eigenvalue weighted by Gasteiger charge is 2.15. The Morgan fingerprint density at radius 2 is 2.19 bits per heavy atom. The van der Waals surface area contributed by atoms with Gasteiger partial charge in [0.25, 0.3) is 17.6 Å². The highest BCUT2D eigenvalue weighted by molar-refractivity contribution is 6.31. The number of nitrogens with two attached hydrogens (primary N) is 1. The lowest BCUT2D eigenvalue weighted by molar-refractivity contribution is -0.464. The van der Waals surface area contributed by atoms with Crippen LogP contribution in [0, 0.1) is 10.1 Å². The minimum atomic E-state index is -0.962. The van der Waals surface area contributed by atoms with E-state index < -0.39 is 11.6 Å². The van der Waals surface area contributed by atoms with Crippen LogP contribution in [-0.2, 0) is 0 Å². The molecule has 0 radical (unpaired) electrons. The van der Waals surface area contributed by atoms with Crippen molar-refractivity contribution >= 4 is 28.5 Å². The molecule has 0 atom stereocenters. The molecule has 0 aliphatic rings. The summed E-state index contributed by atoms with van der Waals surface area (Å²) in [6.07, 6.45) is 0.827. The molecule has 1 amide bonds. The Bertz CT molecular complexity index is 650. The van der Waals surface area contributed by atoms with Crippen LogP contribution in [0.1, 0.15) is 10.5 Å². The number of rotatable bonds is 1. The van der Waals surface area contributed by atoms with Gasteiger partial charge in [-0.2, -0.15) is 0 Å². The SMILES string of the molecule is NC(=O)c1c[n+](=O)c2cc(Cl)ccc2n1[O-]. The number of aromatic nitrogens is 2. The lowest BCUT2D eigenvalue weighted by Crippen LogP contribution is -2.25. The summed E-state index contributed by atoms with van der Waals surface area (Å²) >= 11 is 5.69. The number of hydrogen-bond donors (Lipinski definition) is 1. The van der Waals surface area contributed by atoms with E-state index in [0.717, 1.165) is 6.20 Å². The molecule has 0 bridgehead atoms. The Morgan fingerprint density at radius 3 is 2.81 bits per heavy atom. The third kappa shape index (κ3) is 1.49. The number of fused-ring (bicyclic) bond motifs is 1. The number of benzene rings is 1. The van der Waals surface area contributed by atoms with Crippen molar-refractivity contribution in [2.75, 3.05) is 0 Å². The molecular weight excluding hydrogens is 234 g/mol. The molecule has 0 spiro atoms. The van der Waals surface area contributed by atoms with E-state index in [1.54, 1.807) is 0 Å². The normalized spacial score (nSPS) is 10.6. The third-order valence-electron chi connectivity index (χ3n) is 2.10. The fourth-order valence-corrected chi connectivity index (χ4v) is 1.54. The summed E-state index contributed by atoms with van der Waals surface area (Å²) in [5.41, 5.74) is 4.67. The fourth-order valence-electron chi connectivity index (χ4n) is 1.37. The Balaban J connectivity index is 2.96. The molecular formula is C9H6ClN3O3. The van der Waals surface area contributed by atoms with Gasteiger partial charge in [-0.3, -0.25) is 4.79 Å². The minimum absolute atomic E-state index is 0.0377. The van der Waals surface area contributed by atoms with Crippen LogP contribution >= 0.6 is 11.6 Å². The first-order valence-electron chi connectivity index (χ1n) is 4.25. The second kappa shape index (κ2) is 3.49. The van der Waals surface area contributed by atoms with Crippen LogP contribution in [0.2, 0.25) is 5.02 Å². The molecule has 82 valence electrons. The van der Waals surface area contributed by atoms with E-state index in [1.165, 1.54) is 18.2 Å². The molecule has 2 rings (SSSR count). The van der Waals surface area contributed by atoms with Gasteiger partial charge in [-0.25, -0.2) is 0 Å². The van der Waals surface area contributed by atoms with E-state index in [4.69, 9.17) is 17.3 Å². The molecule has 2 aromatic rings. The molecule has 0 saturated heterocycles. The molecule has 0 saturated carbocycles. The second-order valence-corrected chi connectivity index (χ2v) is 3.57. The van der Waals surface area contributed by atoms with Crippen molar-refractivity contribution in [3.8, 4) is 0 Å². The van der Waals surface area contributed by atoms with Crippen molar-refractivity contribution in [1.82, 2.24) is 4.73 Å². The van der Waals surface area contributed by atoms with Gasteiger partial charge < -0.3 is 15.7 Å². The Kier molecular flexibility index (Phi) is 2.28. The summed E-state index contributed by atoms with van der Waals surface area (Å²) in [4.78, 5) is 22.4. The minimum Gasteiger partial charge on any atom is -0.805 e. The van der Waals surface area contributed by atoms with Crippen LogP contribution in [0.5, 0.6) is 0 Å². The number of hydrogen-bond acceptors (Lipinski definition) is 3. The number of primary amides is 1. The highest BCUT2D eigenvalue weighted by atomic mass is 35.5. The van der Waals surface area contributed by atoms with Crippen LogP contribution in [0.3, 0.4) is 0 Å². The smallest absolute Gasteiger partial charge is 0.287 e. The number of amides is 1. The Hall–Kier alpha value is -2.08. The van der Waals surface area contributed by atoms with E-state index in [2.05, 4.69) is 0 Å². The number of halogens is 1. The van der Waals surface area contributed by atoms with Crippen LogP contribution in [0.4, 0.5) is 0 Å². The standard InChI is InChI=1S/C9H6ClN3O3/c10-5-1-2-6-7(3-5)12(15)4-8(9(11)14)13(6)16/h1-4H,(H2,11,14). The van der Waals surface area contributed by atoms with Crippen LogP contribution in [0.15, 0.2) is 24.4 Å². The number of nitrogens with zero attached hydrogens (tertiary/aromatic N) is 2. The Morgan fingerprint density at radius 1 is 1.50 bits per heavy atom. The quantitative estimate of drug-likeness (QED) is 0.741. The maximum Gasteiger partial charge on any atom is 0.287 e. The fraction of sp³-hybridized carbons (Fsp3) is 0. The Labute approximate surface area is 94.0 Å². The van der Waals surface area contributed by atoms with Gasteiger partial charge >= 0.3 is 0 Å². The molecule has 1 aromatic carbocycles. The molecule has 0 aliphatic carbocycles. The zero-order chi connectivity index (χ0) is 11.9. The van der Waals surface area contributed by atoms with Crippen molar-refractivity contribution in [2.24, 2.45) is 5.73 Å². The van der Waals surface area contributed by atoms with Crippen molar-refractivity contribution in [3.63, 3.8) is 0 Å². The number of carbonyl (C=O) groups excluding carboxylic acids is 1. The molecule has 1 heterocycles. The van der Waals surface area contributed by atoms with E-state index in [1.807, 2.05) is 0 Å². The van der Waals surface area contributed by atoms with Crippen LogP contribution in [-0.4, -0.2) is 10.6 Å². The zero-order valence-corrected chi connectivity index (χ0v) is 8.64. The van der Waals surface area contributed by atoms with Gasteiger partial charge in [0.2, 0.25) is 0 Å². The molecule has 0 aliphatic heterocycles. The van der Waals surface area contributed by atoms with Gasteiger partial charge in [-0.05, 0) is 12.1 Å². The first kappa shape index (κ1) is 10.4. The van der Waals surface area contributed by atoms with Crippen LogP contribution < -0.4 is 10.2 Å². The molecule has 7 heteroatoms. The monoisotopic (exact) mass is 239 g/mol. The summed E-state index contributed by atoms with van der Waals surface area (Å²) < 4.78 is 0.693. The summed E-state index contributed by atoms with van der Waals surface area (Å²) in [7, 11) is 0. The van der Waals surface area contributed by atoms with Crippen molar-refractivity contribution in [1.29, 1.82) is 0 Å². The van der Waals surface area contributed by atoms with Gasteiger partial charge in [-0.1, -0.05) is 11.6 Å². The lowest BCUT2D eigenvalue weighted by atomic mass is 10.3. The van der Waals surface area contributed by atoms with Crippen LogP contribution in [0.25, 0.3) is 11.0 Å². The zero-order valence-electron chi connectivity index (χ0n) is 7.88. The average molecular weight is 240 g/mol. The molecule has 1 aromatic heterocycles. The van der Waals surface area contributed by atoms with E-state index in [9.17, 15) is 14.9 Å². The third-order valence-corrected chi connectivity index (χ3v) is 2.34. The van der Waals surface area contributed by atoms with Gasteiger partial charge in [0.1, 0.15) is 5.52 Å². The summed E-state index contributed by atoms with van der Waals surface area (Å²) in [5, 5.41) is 12.0.